The van der Waals surface area contributed by atoms with E-state index in [1.807, 2.05) is 6.07 Å². The fraction of sp³-hybridized carbons (Fsp3) is 0.115. The molecule has 0 saturated carbocycles. The Bertz CT molecular complexity index is 1500. The lowest BCUT2D eigenvalue weighted by molar-refractivity contribution is -0.138. The minimum Gasteiger partial charge on any atom is -0.192 e. The number of benzene rings is 3. The van der Waals surface area contributed by atoms with Gasteiger partial charge in [0.2, 0.25) is 0 Å². The lowest BCUT2D eigenvalue weighted by Crippen LogP contribution is -2.05. The highest BCUT2D eigenvalue weighted by Crippen LogP contribution is 2.49. The Balaban J connectivity index is 2.05. The van der Waals surface area contributed by atoms with Crippen LogP contribution in [0.15, 0.2) is 72.8 Å². The molecule has 37 heavy (non-hydrogen) atoms. The molecule has 4 rings (SSSR count). The average Bonchev–Trinajstić information content (AvgIpc) is 3.22. The molecule has 0 aliphatic carbocycles. The van der Waals surface area contributed by atoms with Crippen LogP contribution in [0, 0.1) is 11.3 Å². The molecule has 11 heteroatoms. The number of nitriles is 1. The van der Waals surface area contributed by atoms with Crippen LogP contribution in [0.3, 0.4) is 0 Å². The summed E-state index contributed by atoms with van der Waals surface area (Å²) < 4.78 is 120. The Morgan fingerprint density at radius 1 is 0.541 bits per heavy atom. The summed E-state index contributed by atoms with van der Waals surface area (Å²) in [4.78, 5) is -0.0113. The van der Waals surface area contributed by atoms with E-state index in [9.17, 15) is 44.8 Å². The van der Waals surface area contributed by atoms with Gasteiger partial charge in [-0.1, -0.05) is 36.4 Å². The Hall–Kier alpha value is -3.78. The second kappa shape index (κ2) is 9.27. The molecule has 4 aromatic rings. The van der Waals surface area contributed by atoms with E-state index < -0.39 is 35.2 Å². The van der Waals surface area contributed by atoms with E-state index in [2.05, 4.69) is 0 Å². The summed E-state index contributed by atoms with van der Waals surface area (Å²) in [7, 11) is 0. The molecular formula is C26H12F9NS. The van der Waals surface area contributed by atoms with Crippen LogP contribution in [0.2, 0.25) is 0 Å². The number of hydrogen-bond acceptors (Lipinski definition) is 2. The molecule has 0 bridgehead atoms. The van der Waals surface area contributed by atoms with Gasteiger partial charge in [-0.05, 0) is 53.1 Å². The monoisotopic (exact) mass is 541 g/mol. The van der Waals surface area contributed by atoms with E-state index in [-0.39, 0.29) is 37.6 Å². The predicted molar refractivity (Wildman–Crippen MR) is 120 cm³/mol. The van der Waals surface area contributed by atoms with Crippen molar-refractivity contribution in [2.75, 3.05) is 0 Å². The summed E-state index contributed by atoms with van der Waals surface area (Å²) >= 11 is 0.725. The van der Waals surface area contributed by atoms with Gasteiger partial charge in [-0.3, -0.25) is 0 Å². The Labute approximate surface area is 208 Å². The average molecular weight is 541 g/mol. The number of hydrogen-bond donors (Lipinski definition) is 0. The summed E-state index contributed by atoms with van der Waals surface area (Å²) in [5.74, 6) is 0. The fourth-order valence-corrected chi connectivity index (χ4v) is 5.01. The number of nitrogens with zero attached hydrogens (tertiary/aromatic N) is 1. The molecule has 1 aromatic heterocycles. The SMILES string of the molecule is N#Cc1c(-c2cccc(C(F)(F)F)c2)sc(-c2cccc(C(F)(F)F)c2)c1-c1cccc(C(F)(F)F)c1. The highest BCUT2D eigenvalue weighted by molar-refractivity contribution is 7.19. The van der Waals surface area contributed by atoms with Crippen molar-refractivity contribution >= 4 is 11.3 Å². The van der Waals surface area contributed by atoms with E-state index in [1.165, 1.54) is 18.2 Å². The van der Waals surface area contributed by atoms with Crippen molar-refractivity contribution in [3.63, 3.8) is 0 Å². The maximum absolute atomic E-state index is 13.4. The molecule has 0 amide bonds. The molecular weight excluding hydrogens is 529 g/mol. The summed E-state index contributed by atoms with van der Waals surface area (Å²) in [5, 5.41) is 9.96. The molecule has 0 spiro atoms. The van der Waals surface area contributed by atoms with E-state index >= 15 is 0 Å². The van der Waals surface area contributed by atoms with Gasteiger partial charge in [0.25, 0.3) is 0 Å². The largest absolute Gasteiger partial charge is 0.416 e. The number of rotatable bonds is 3. The first kappa shape index (κ1) is 26.3. The van der Waals surface area contributed by atoms with Crippen LogP contribution in [0.25, 0.3) is 32.0 Å². The summed E-state index contributed by atoms with van der Waals surface area (Å²) in [6, 6.07) is 13.7. The Morgan fingerprint density at radius 2 is 0.919 bits per heavy atom. The minimum atomic E-state index is -4.75. The van der Waals surface area contributed by atoms with Gasteiger partial charge in [0.05, 0.1) is 27.1 Å². The molecule has 0 unspecified atom stereocenters. The molecule has 0 radical (unpaired) electrons. The van der Waals surface area contributed by atoms with Crippen LogP contribution >= 0.6 is 11.3 Å². The Kier molecular flexibility index (Phi) is 6.58. The molecule has 0 aliphatic heterocycles. The molecule has 0 fully saturated rings. The summed E-state index contributed by atoms with van der Waals surface area (Å²) in [6.45, 7) is 0. The second-order valence-electron chi connectivity index (χ2n) is 7.86. The van der Waals surface area contributed by atoms with Gasteiger partial charge < -0.3 is 0 Å². The van der Waals surface area contributed by atoms with Crippen molar-refractivity contribution in [3.05, 3.63) is 95.1 Å². The zero-order valence-electron chi connectivity index (χ0n) is 18.2. The maximum Gasteiger partial charge on any atom is 0.416 e. The topological polar surface area (TPSA) is 23.8 Å². The normalized spacial score (nSPS) is 12.4. The van der Waals surface area contributed by atoms with E-state index in [4.69, 9.17) is 0 Å². The van der Waals surface area contributed by atoms with Crippen molar-refractivity contribution in [1.82, 2.24) is 0 Å². The van der Waals surface area contributed by atoms with Crippen LogP contribution in [0.5, 0.6) is 0 Å². The number of alkyl halides is 9. The quantitative estimate of drug-likeness (QED) is 0.237. The van der Waals surface area contributed by atoms with E-state index in [1.54, 1.807) is 0 Å². The van der Waals surface area contributed by atoms with Gasteiger partial charge in [-0.2, -0.15) is 44.8 Å². The van der Waals surface area contributed by atoms with Crippen LogP contribution in [-0.2, 0) is 18.5 Å². The minimum absolute atomic E-state index is 0.00869. The third-order valence-corrected chi connectivity index (χ3v) is 6.69. The van der Waals surface area contributed by atoms with Gasteiger partial charge >= 0.3 is 18.5 Å². The van der Waals surface area contributed by atoms with Gasteiger partial charge in [0.1, 0.15) is 6.07 Å². The molecule has 3 aromatic carbocycles. The van der Waals surface area contributed by atoms with E-state index in [0.29, 0.717) is 0 Å². The van der Waals surface area contributed by atoms with Crippen LogP contribution in [0.1, 0.15) is 22.3 Å². The molecule has 0 atom stereocenters. The number of halogens is 9. The van der Waals surface area contributed by atoms with Crippen molar-refractivity contribution in [3.8, 4) is 38.1 Å². The second-order valence-corrected chi connectivity index (χ2v) is 8.88. The van der Waals surface area contributed by atoms with Crippen LogP contribution < -0.4 is 0 Å². The lowest BCUT2D eigenvalue weighted by atomic mass is 9.94. The molecule has 1 heterocycles. The van der Waals surface area contributed by atoms with Crippen molar-refractivity contribution in [2.45, 2.75) is 18.5 Å². The third-order valence-electron chi connectivity index (χ3n) is 5.40. The van der Waals surface area contributed by atoms with Crippen molar-refractivity contribution in [2.24, 2.45) is 0 Å². The molecule has 1 nitrogen and oxygen atoms in total. The van der Waals surface area contributed by atoms with Crippen molar-refractivity contribution < 1.29 is 39.5 Å². The predicted octanol–water partition coefficient (Wildman–Crippen LogP) is 9.68. The highest BCUT2D eigenvalue weighted by Gasteiger charge is 2.34. The van der Waals surface area contributed by atoms with Crippen LogP contribution in [0.4, 0.5) is 39.5 Å². The summed E-state index contributed by atoms with van der Waals surface area (Å²) in [6.07, 6.45) is -14.2. The Morgan fingerprint density at radius 3 is 1.32 bits per heavy atom. The first-order valence-corrected chi connectivity index (χ1v) is 11.1. The first-order valence-electron chi connectivity index (χ1n) is 10.3. The fourth-order valence-electron chi connectivity index (χ4n) is 3.74. The van der Waals surface area contributed by atoms with Gasteiger partial charge in [-0.15, -0.1) is 11.3 Å². The number of thiophene rings is 1. The smallest absolute Gasteiger partial charge is 0.192 e. The molecule has 0 N–H and O–H groups in total. The zero-order chi connectivity index (χ0) is 27.2. The third kappa shape index (κ3) is 5.34. The standard InChI is InChI=1S/C26H12F9NS/c27-24(28,29)17-7-1-4-14(10-17)21-20(13-36)22(15-5-2-8-18(11-15)25(30,31)32)37-23(21)16-6-3-9-19(12-16)26(33,34)35/h1-12H. The van der Waals surface area contributed by atoms with Crippen LogP contribution in [-0.4, -0.2) is 0 Å². The first-order chi connectivity index (χ1) is 17.2. The highest BCUT2D eigenvalue weighted by atomic mass is 32.1. The van der Waals surface area contributed by atoms with Crippen molar-refractivity contribution in [1.29, 1.82) is 5.26 Å². The zero-order valence-corrected chi connectivity index (χ0v) is 19.0. The lowest BCUT2D eigenvalue weighted by Gasteiger charge is -2.12. The van der Waals surface area contributed by atoms with E-state index in [0.717, 1.165) is 65.9 Å². The maximum atomic E-state index is 13.4. The molecule has 0 aliphatic rings. The molecule has 190 valence electrons. The molecule has 0 saturated heterocycles. The summed E-state index contributed by atoms with van der Waals surface area (Å²) in [5.41, 5.74) is -3.70. The van der Waals surface area contributed by atoms with Gasteiger partial charge in [0, 0.05) is 10.4 Å². The van der Waals surface area contributed by atoms with Gasteiger partial charge in [0.15, 0.2) is 0 Å². The van der Waals surface area contributed by atoms with Gasteiger partial charge in [-0.25, -0.2) is 0 Å².